The van der Waals surface area contributed by atoms with E-state index in [1.165, 1.54) is 18.5 Å². The summed E-state index contributed by atoms with van der Waals surface area (Å²) in [5, 5.41) is 14.0. The van der Waals surface area contributed by atoms with Gasteiger partial charge in [-0.2, -0.15) is 4.36 Å². The third-order valence-corrected chi connectivity index (χ3v) is 6.35. The molecule has 9 nitrogen and oxygen atoms in total. The smallest absolute Gasteiger partial charge is 0.151 e. The molecule has 0 aliphatic carbocycles. The molecule has 5 rings (SSSR count). The number of fused-ring (bicyclic) bond motifs is 2. The second kappa shape index (κ2) is 8.73. The second-order valence-electron chi connectivity index (χ2n) is 8.74. The van der Waals surface area contributed by atoms with Crippen LogP contribution in [0, 0.1) is 12.7 Å². The van der Waals surface area contributed by atoms with Gasteiger partial charge in [0.1, 0.15) is 42.0 Å². The van der Waals surface area contributed by atoms with Crippen LogP contribution in [0.1, 0.15) is 5.56 Å². The molecule has 2 aromatic carbocycles. The number of halogens is 1. The van der Waals surface area contributed by atoms with Gasteiger partial charge >= 0.3 is 0 Å². The molecule has 0 unspecified atom stereocenters. The highest BCUT2D eigenvalue weighted by molar-refractivity contribution is 7.92. The monoisotopic (exact) mass is 488 g/mol. The maximum absolute atomic E-state index is 14.1. The van der Waals surface area contributed by atoms with Crippen LogP contribution >= 0.6 is 0 Å². The molecule has 2 fully saturated rings. The lowest BCUT2D eigenvalue weighted by Crippen LogP contribution is -2.34. The van der Waals surface area contributed by atoms with Crippen molar-refractivity contribution >= 4 is 37.8 Å². The molecule has 34 heavy (non-hydrogen) atoms. The maximum atomic E-state index is 14.1. The van der Waals surface area contributed by atoms with E-state index in [-0.39, 0.29) is 19.0 Å². The lowest BCUT2D eigenvalue weighted by atomic mass is 10.1. The summed E-state index contributed by atoms with van der Waals surface area (Å²) in [6.07, 6.45) is 2.48. The Balaban J connectivity index is 1.48. The van der Waals surface area contributed by atoms with E-state index in [4.69, 9.17) is 14.2 Å². The highest BCUT2D eigenvalue weighted by atomic mass is 32.2. The summed E-state index contributed by atoms with van der Waals surface area (Å²) >= 11 is 0. The first-order chi connectivity index (χ1) is 16.2. The van der Waals surface area contributed by atoms with Gasteiger partial charge in [0, 0.05) is 33.7 Å². The molecule has 180 valence electrons. The highest BCUT2D eigenvalue weighted by Crippen LogP contribution is 2.36. The normalized spacial score (nSPS) is 24.3. The number of hydrogen-bond donors (Lipinski definition) is 2. The molecule has 0 radical (unpaired) electrons. The number of benzene rings is 2. The maximum Gasteiger partial charge on any atom is 0.151 e. The fourth-order valence-corrected chi connectivity index (χ4v) is 4.92. The van der Waals surface area contributed by atoms with Crippen molar-refractivity contribution in [2.75, 3.05) is 31.0 Å². The predicted molar refractivity (Wildman–Crippen MR) is 126 cm³/mol. The zero-order valence-electron chi connectivity index (χ0n) is 18.9. The van der Waals surface area contributed by atoms with E-state index < -0.39 is 40.0 Å². The Kier molecular flexibility index (Phi) is 5.88. The molecular formula is C23H25FN4O5S. The quantitative estimate of drug-likeness (QED) is 0.563. The molecule has 3 heterocycles. The number of nitrogens with one attached hydrogen (secondary N) is 1. The summed E-state index contributed by atoms with van der Waals surface area (Å²) in [6, 6.07) is 7.75. The molecule has 1 aromatic heterocycles. The number of aromatic nitrogens is 2. The Labute approximate surface area is 196 Å². The Hall–Kier alpha value is -2.86. The molecule has 3 aromatic rings. The van der Waals surface area contributed by atoms with Crippen molar-refractivity contribution in [2.24, 2.45) is 4.36 Å². The summed E-state index contributed by atoms with van der Waals surface area (Å²) in [5.74, 6) is 0.320. The van der Waals surface area contributed by atoms with Crippen LogP contribution in [-0.4, -0.2) is 69.4 Å². The van der Waals surface area contributed by atoms with Gasteiger partial charge in [-0.15, -0.1) is 0 Å². The average molecular weight is 489 g/mol. The van der Waals surface area contributed by atoms with Crippen molar-refractivity contribution in [3.63, 3.8) is 0 Å². The van der Waals surface area contributed by atoms with Gasteiger partial charge < -0.3 is 24.6 Å². The third kappa shape index (κ3) is 4.56. The molecule has 2 aliphatic heterocycles. The molecule has 4 atom stereocenters. The topological polar surface area (TPSA) is 115 Å². The Morgan fingerprint density at radius 2 is 1.97 bits per heavy atom. The number of rotatable bonds is 5. The van der Waals surface area contributed by atoms with Crippen LogP contribution in [0.4, 0.5) is 21.6 Å². The number of aryl methyl sites for hydroxylation is 1. The molecule has 2 N–H and O–H groups in total. The minimum absolute atomic E-state index is 0.176. The van der Waals surface area contributed by atoms with Crippen LogP contribution in [0.2, 0.25) is 0 Å². The number of nitrogens with zero attached hydrogens (tertiary/aromatic N) is 3. The SMILES string of the molecule is Cc1cc(N=S(C)(C)=O)cc2ncnc(Nc3ccc(F)cc3O[C@H]3CO[C@H]4[C@@H]3OC[C@@H]4O)c12. The van der Waals surface area contributed by atoms with Crippen molar-refractivity contribution in [1.82, 2.24) is 9.97 Å². The van der Waals surface area contributed by atoms with E-state index >= 15 is 0 Å². The molecular weight excluding hydrogens is 463 g/mol. The summed E-state index contributed by atoms with van der Waals surface area (Å²) < 4.78 is 47.8. The second-order valence-corrected chi connectivity index (χ2v) is 11.3. The summed E-state index contributed by atoms with van der Waals surface area (Å²) in [7, 11) is -2.32. The van der Waals surface area contributed by atoms with Crippen LogP contribution in [0.3, 0.4) is 0 Å². The molecule has 0 amide bonds. The Morgan fingerprint density at radius 3 is 2.76 bits per heavy atom. The summed E-state index contributed by atoms with van der Waals surface area (Å²) in [4.78, 5) is 8.73. The van der Waals surface area contributed by atoms with Crippen molar-refractivity contribution in [3.8, 4) is 5.75 Å². The lowest BCUT2D eigenvalue weighted by molar-refractivity contribution is 0.00871. The Morgan fingerprint density at radius 1 is 1.18 bits per heavy atom. The van der Waals surface area contributed by atoms with Gasteiger partial charge in [-0.25, -0.2) is 18.6 Å². The number of anilines is 2. The number of aliphatic hydroxyl groups is 1. The minimum Gasteiger partial charge on any atom is -0.483 e. The van der Waals surface area contributed by atoms with Gasteiger partial charge in [0.25, 0.3) is 0 Å². The lowest BCUT2D eigenvalue weighted by Gasteiger charge is -2.21. The standard InChI is InChI=1S/C23H25FN4O5S/c1-12-6-14(28-34(2,3)30)8-16-20(12)23(26-11-25-16)27-15-5-4-13(24)7-18(15)33-19-10-32-21-17(29)9-31-22(19)21/h4-8,11,17,19,21-22,29H,9-10H2,1-3H3,(H,25,26,27)/t17-,19-,21+,22+/m0/s1. The molecule has 0 saturated carbocycles. The van der Waals surface area contributed by atoms with Crippen molar-refractivity contribution in [3.05, 3.63) is 48.0 Å². The van der Waals surface area contributed by atoms with Crippen molar-refractivity contribution in [1.29, 1.82) is 0 Å². The van der Waals surface area contributed by atoms with Gasteiger partial charge in [-0.3, -0.25) is 0 Å². The largest absolute Gasteiger partial charge is 0.483 e. The third-order valence-electron chi connectivity index (χ3n) is 5.70. The van der Waals surface area contributed by atoms with Gasteiger partial charge in [0.2, 0.25) is 0 Å². The van der Waals surface area contributed by atoms with E-state index in [0.29, 0.717) is 22.7 Å². The molecule has 0 spiro atoms. The summed E-state index contributed by atoms with van der Waals surface area (Å²) in [6.45, 7) is 2.29. The fraction of sp³-hybridized carbons (Fsp3) is 0.391. The number of hydrogen-bond acceptors (Lipinski definition) is 9. The van der Waals surface area contributed by atoms with E-state index in [0.717, 1.165) is 10.9 Å². The minimum atomic E-state index is -2.32. The van der Waals surface area contributed by atoms with Crippen LogP contribution in [0.5, 0.6) is 5.75 Å². The molecule has 11 heteroatoms. The molecule has 2 saturated heterocycles. The van der Waals surface area contributed by atoms with E-state index in [1.54, 1.807) is 24.6 Å². The first kappa shape index (κ1) is 22.9. The number of ether oxygens (including phenoxy) is 3. The molecule has 0 bridgehead atoms. The van der Waals surface area contributed by atoms with Gasteiger partial charge in [-0.05, 0) is 36.8 Å². The zero-order chi connectivity index (χ0) is 24.0. The zero-order valence-corrected chi connectivity index (χ0v) is 19.7. The predicted octanol–water partition coefficient (Wildman–Crippen LogP) is 3.09. The summed E-state index contributed by atoms with van der Waals surface area (Å²) in [5.41, 5.74) is 2.55. The van der Waals surface area contributed by atoms with Gasteiger partial charge in [0.15, 0.2) is 6.10 Å². The van der Waals surface area contributed by atoms with Crippen LogP contribution in [-0.2, 0) is 19.2 Å². The van der Waals surface area contributed by atoms with Crippen LogP contribution < -0.4 is 10.1 Å². The highest BCUT2D eigenvalue weighted by Gasteiger charge is 2.48. The van der Waals surface area contributed by atoms with E-state index in [2.05, 4.69) is 19.6 Å². The fourth-order valence-electron chi connectivity index (χ4n) is 4.31. The number of aliphatic hydroxyl groups excluding tert-OH is 1. The van der Waals surface area contributed by atoms with Gasteiger partial charge in [-0.1, -0.05) is 0 Å². The van der Waals surface area contributed by atoms with E-state index in [9.17, 15) is 13.7 Å². The van der Waals surface area contributed by atoms with Gasteiger partial charge in [0.05, 0.1) is 30.1 Å². The van der Waals surface area contributed by atoms with Crippen LogP contribution in [0.15, 0.2) is 41.0 Å². The van der Waals surface area contributed by atoms with E-state index in [1.807, 2.05) is 13.0 Å². The van der Waals surface area contributed by atoms with Crippen molar-refractivity contribution < 1.29 is 27.9 Å². The first-order valence-corrected chi connectivity index (χ1v) is 13.1. The molecule has 2 aliphatic rings. The average Bonchev–Trinajstić information content (AvgIpc) is 3.32. The first-order valence-electron chi connectivity index (χ1n) is 10.7. The van der Waals surface area contributed by atoms with Crippen LogP contribution in [0.25, 0.3) is 10.9 Å². The Bertz CT molecular complexity index is 1370. The van der Waals surface area contributed by atoms with Crippen molar-refractivity contribution in [2.45, 2.75) is 31.3 Å².